The van der Waals surface area contributed by atoms with Crippen molar-refractivity contribution in [3.63, 3.8) is 0 Å². The second-order valence-electron chi connectivity index (χ2n) is 9.97. The first-order valence-electron chi connectivity index (χ1n) is 12.4. The summed E-state index contributed by atoms with van der Waals surface area (Å²) in [6, 6.07) is 8.06. The molecule has 0 saturated carbocycles. The van der Waals surface area contributed by atoms with Crippen molar-refractivity contribution in [1.29, 1.82) is 0 Å². The van der Waals surface area contributed by atoms with E-state index in [4.69, 9.17) is 14.6 Å². The number of aliphatic carboxylic acids is 1. The molecule has 1 aromatic rings. The molecule has 0 bridgehead atoms. The number of carbonyl (C=O) groups excluding carboxylic acids is 2. The van der Waals surface area contributed by atoms with Crippen molar-refractivity contribution < 1.29 is 29.0 Å². The lowest BCUT2D eigenvalue weighted by Gasteiger charge is -2.42. The van der Waals surface area contributed by atoms with E-state index in [2.05, 4.69) is 25.2 Å². The monoisotopic (exact) mass is 474 g/mol. The molecule has 2 heterocycles. The Morgan fingerprint density at radius 3 is 2.62 bits per heavy atom. The van der Waals surface area contributed by atoms with Gasteiger partial charge in [-0.1, -0.05) is 38.5 Å². The standard InChI is InChI=1S/C26H38N2O6/c1-19(2)15-21-16-34-22-9-4-3-7-20(22)8-5-6-10-26(25(32)27-21)11-13-28(14-12-26)23(29)17-33-18-24(30)31/h3-4,7,9,19,21H,5-6,8,10-18H2,1-2H3,(H,27,32)(H,30,31)/t21-/m0/s1. The van der Waals surface area contributed by atoms with Crippen LogP contribution in [0.5, 0.6) is 5.75 Å². The van der Waals surface area contributed by atoms with Gasteiger partial charge in [-0.05, 0) is 56.1 Å². The number of benzene rings is 1. The summed E-state index contributed by atoms with van der Waals surface area (Å²) in [7, 11) is 0. The fraction of sp³-hybridized carbons (Fsp3) is 0.654. The lowest BCUT2D eigenvalue weighted by molar-refractivity contribution is -0.148. The topological polar surface area (TPSA) is 105 Å². The Hall–Kier alpha value is -2.61. The highest BCUT2D eigenvalue weighted by molar-refractivity contribution is 5.84. The van der Waals surface area contributed by atoms with Crippen molar-refractivity contribution in [2.45, 2.75) is 64.8 Å². The lowest BCUT2D eigenvalue weighted by Crippen LogP contribution is -2.53. The third-order valence-corrected chi connectivity index (χ3v) is 6.86. The van der Waals surface area contributed by atoms with Crippen molar-refractivity contribution in [3.8, 4) is 5.75 Å². The van der Waals surface area contributed by atoms with Gasteiger partial charge in [-0.3, -0.25) is 9.59 Å². The average molecular weight is 475 g/mol. The Bertz CT molecular complexity index is 847. The van der Waals surface area contributed by atoms with E-state index in [1.807, 2.05) is 18.2 Å². The predicted octanol–water partition coefficient (Wildman–Crippen LogP) is 3.03. The Balaban J connectivity index is 1.69. The third kappa shape index (κ3) is 7.19. The van der Waals surface area contributed by atoms with Crippen LogP contribution in [0.25, 0.3) is 0 Å². The summed E-state index contributed by atoms with van der Waals surface area (Å²) in [5.74, 6) is 0.0473. The van der Waals surface area contributed by atoms with Crippen molar-refractivity contribution >= 4 is 17.8 Å². The van der Waals surface area contributed by atoms with Gasteiger partial charge in [0.15, 0.2) is 0 Å². The molecule has 2 amide bonds. The molecule has 2 aliphatic rings. The molecule has 188 valence electrons. The number of amides is 2. The van der Waals surface area contributed by atoms with E-state index in [1.165, 1.54) is 5.56 Å². The SMILES string of the molecule is CC(C)C[C@H]1COc2ccccc2CCCCC2(CCN(C(=O)COCC(=O)O)CC2)C(=O)N1. The third-order valence-electron chi connectivity index (χ3n) is 6.86. The summed E-state index contributed by atoms with van der Waals surface area (Å²) >= 11 is 0. The summed E-state index contributed by atoms with van der Waals surface area (Å²) in [4.78, 5) is 38.3. The number of hydrogen-bond donors (Lipinski definition) is 2. The van der Waals surface area contributed by atoms with Crippen LogP contribution in [0.15, 0.2) is 24.3 Å². The number of para-hydroxylation sites is 1. The van der Waals surface area contributed by atoms with E-state index in [0.29, 0.717) is 38.5 Å². The molecule has 1 aromatic carbocycles. The highest BCUT2D eigenvalue weighted by Crippen LogP contribution is 2.38. The summed E-state index contributed by atoms with van der Waals surface area (Å²) < 4.78 is 11.1. The number of carbonyl (C=O) groups is 3. The number of nitrogens with one attached hydrogen (secondary N) is 1. The van der Waals surface area contributed by atoms with Gasteiger partial charge in [0, 0.05) is 13.1 Å². The van der Waals surface area contributed by atoms with Crippen molar-refractivity contribution in [1.82, 2.24) is 10.2 Å². The van der Waals surface area contributed by atoms with Gasteiger partial charge in [0.2, 0.25) is 11.8 Å². The largest absolute Gasteiger partial charge is 0.491 e. The quantitative estimate of drug-likeness (QED) is 0.657. The van der Waals surface area contributed by atoms with Gasteiger partial charge >= 0.3 is 5.97 Å². The number of nitrogens with zero attached hydrogens (tertiary/aromatic N) is 1. The number of hydrogen-bond acceptors (Lipinski definition) is 5. The molecule has 2 N–H and O–H groups in total. The van der Waals surface area contributed by atoms with Gasteiger partial charge in [0.05, 0.1) is 11.5 Å². The van der Waals surface area contributed by atoms with Crippen LogP contribution in [-0.2, 0) is 25.5 Å². The summed E-state index contributed by atoms with van der Waals surface area (Å²) in [5.41, 5.74) is 0.695. The molecule has 1 fully saturated rings. The molecule has 2 aliphatic heterocycles. The minimum Gasteiger partial charge on any atom is -0.491 e. The summed E-state index contributed by atoms with van der Waals surface area (Å²) in [5, 5.41) is 12.0. The van der Waals surface area contributed by atoms with E-state index in [-0.39, 0.29) is 24.5 Å². The van der Waals surface area contributed by atoms with Gasteiger partial charge in [-0.2, -0.15) is 0 Å². The lowest BCUT2D eigenvalue weighted by atomic mass is 9.73. The summed E-state index contributed by atoms with van der Waals surface area (Å²) in [6.07, 6.45) is 5.60. The molecule has 3 rings (SSSR count). The van der Waals surface area contributed by atoms with Crippen LogP contribution in [0, 0.1) is 11.3 Å². The van der Waals surface area contributed by atoms with Crippen LogP contribution >= 0.6 is 0 Å². The van der Waals surface area contributed by atoms with Crippen LogP contribution in [0.2, 0.25) is 0 Å². The van der Waals surface area contributed by atoms with Gasteiger partial charge < -0.3 is 24.8 Å². The van der Waals surface area contributed by atoms with Gasteiger partial charge in [-0.15, -0.1) is 0 Å². The fourth-order valence-electron chi connectivity index (χ4n) is 4.99. The average Bonchev–Trinajstić information content (AvgIpc) is 2.80. The minimum atomic E-state index is -1.10. The number of fused-ring (bicyclic) bond motifs is 1. The second kappa shape index (κ2) is 12.2. The highest BCUT2D eigenvalue weighted by atomic mass is 16.5. The number of carboxylic acid groups (broad SMARTS) is 1. The Morgan fingerprint density at radius 2 is 1.91 bits per heavy atom. The van der Waals surface area contributed by atoms with Crippen LogP contribution in [0.1, 0.15) is 57.9 Å². The van der Waals surface area contributed by atoms with Crippen LogP contribution in [0.3, 0.4) is 0 Å². The smallest absolute Gasteiger partial charge is 0.329 e. The molecule has 0 aliphatic carbocycles. The van der Waals surface area contributed by atoms with Crippen molar-refractivity contribution in [2.24, 2.45) is 11.3 Å². The molecule has 1 spiro atoms. The molecule has 1 atom stereocenters. The highest BCUT2D eigenvalue weighted by Gasteiger charge is 2.42. The number of carboxylic acids is 1. The van der Waals surface area contributed by atoms with E-state index >= 15 is 0 Å². The van der Waals surface area contributed by atoms with E-state index in [1.54, 1.807) is 4.90 Å². The van der Waals surface area contributed by atoms with Crippen LogP contribution in [0.4, 0.5) is 0 Å². The fourth-order valence-corrected chi connectivity index (χ4v) is 4.99. The first kappa shape index (κ1) is 26.0. The van der Waals surface area contributed by atoms with Crippen LogP contribution in [-0.4, -0.2) is 66.7 Å². The number of rotatable bonds is 6. The molecule has 8 nitrogen and oxygen atoms in total. The Kier molecular flexibility index (Phi) is 9.33. The summed E-state index contributed by atoms with van der Waals surface area (Å²) in [6.45, 7) is 4.91. The molecular formula is C26H38N2O6. The molecule has 0 aromatic heterocycles. The van der Waals surface area contributed by atoms with E-state index in [0.717, 1.165) is 37.9 Å². The second-order valence-corrected chi connectivity index (χ2v) is 9.97. The maximum atomic E-state index is 13.6. The maximum Gasteiger partial charge on any atom is 0.329 e. The Labute approximate surface area is 202 Å². The normalized spacial score (nSPS) is 21.1. The number of piperidine rings is 1. The van der Waals surface area contributed by atoms with Crippen molar-refractivity contribution in [2.75, 3.05) is 32.9 Å². The molecule has 0 radical (unpaired) electrons. The van der Waals surface area contributed by atoms with E-state index < -0.39 is 18.0 Å². The molecule has 8 heteroatoms. The number of aryl methyl sites for hydroxylation is 1. The minimum absolute atomic E-state index is 0.0600. The molecule has 1 saturated heterocycles. The maximum absolute atomic E-state index is 13.6. The van der Waals surface area contributed by atoms with E-state index in [9.17, 15) is 14.4 Å². The zero-order chi connectivity index (χ0) is 24.6. The predicted molar refractivity (Wildman–Crippen MR) is 128 cm³/mol. The molecule has 0 unspecified atom stereocenters. The van der Waals surface area contributed by atoms with Crippen molar-refractivity contribution in [3.05, 3.63) is 29.8 Å². The first-order chi connectivity index (χ1) is 16.3. The molecule has 34 heavy (non-hydrogen) atoms. The Morgan fingerprint density at radius 1 is 1.18 bits per heavy atom. The zero-order valence-electron chi connectivity index (χ0n) is 20.4. The van der Waals surface area contributed by atoms with Gasteiger partial charge in [-0.25, -0.2) is 4.79 Å². The molecular weight excluding hydrogens is 436 g/mol. The van der Waals surface area contributed by atoms with Crippen LogP contribution < -0.4 is 10.1 Å². The van der Waals surface area contributed by atoms with Gasteiger partial charge in [0.25, 0.3) is 0 Å². The van der Waals surface area contributed by atoms with Gasteiger partial charge in [0.1, 0.15) is 25.6 Å². The number of likely N-dealkylation sites (tertiary alicyclic amines) is 1. The first-order valence-corrected chi connectivity index (χ1v) is 12.4. The zero-order valence-corrected chi connectivity index (χ0v) is 20.4. The number of ether oxygens (including phenoxy) is 2.